The summed E-state index contributed by atoms with van der Waals surface area (Å²) in [6.45, 7) is 0. The topological polar surface area (TPSA) is 71.8 Å². The summed E-state index contributed by atoms with van der Waals surface area (Å²) in [6.07, 6.45) is 1.39. The van der Waals surface area contributed by atoms with Crippen molar-refractivity contribution in [2.24, 2.45) is 5.73 Å². The van der Waals surface area contributed by atoms with Crippen LogP contribution in [0.25, 0.3) is 0 Å². The van der Waals surface area contributed by atoms with Crippen LogP contribution in [0.1, 0.15) is 10.5 Å². The molecule has 0 aromatic carbocycles. The standard InChI is InChI=1S/C4H4ClN3O/c5-2-1-7-8-3(2)4(6)9/h1H,(H2,6,9)(H,7,8). The summed E-state index contributed by atoms with van der Waals surface area (Å²) in [7, 11) is 0. The van der Waals surface area contributed by atoms with E-state index >= 15 is 0 Å². The molecule has 0 saturated heterocycles. The fourth-order valence-corrected chi connectivity index (χ4v) is 0.632. The number of H-pyrrole nitrogens is 1. The molecule has 0 aliphatic heterocycles. The summed E-state index contributed by atoms with van der Waals surface area (Å²) in [5, 5.41) is 6.13. The van der Waals surface area contributed by atoms with Crippen LogP contribution in [0.4, 0.5) is 0 Å². The second kappa shape index (κ2) is 2.06. The Morgan fingerprint density at radius 1 is 1.89 bits per heavy atom. The normalized spacial score (nSPS) is 9.44. The van der Waals surface area contributed by atoms with Gasteiger partial charge in [-0.2, -0.15) is 5.10 Å². The quantitative estimate of drug-likeness (QED) is 0.591. The third-order valence-electron chi connectivity index (χ3n) is 0.827. The lowest BCUT2D eigenvalue weighted by atomic mass is 10.4. The maximum absolute atomic E-state index is 10.3. The number of rotatable bonds is 1. The Morgan fingerprint density at radius 3 is 2.78 bits per heavy atom. The average molecular weight is 146 g/mol. The van der Waals surface area contributed by atoms with Crippen molar-refractivity contribution in [1.29, 1.82) is 0 Å². The zero-order valence-corrected chi connectivity index (χ0v) is 5.14. The first-order valence-corrected chi connectivity index (χ1v) is 2.58. The molecule has 0 bridgehead atoms. The van der Waals surface area contributed by atoms with Crippen LogP contribution in [0.3, 0.4) is 0 Å². The van der Waals surface area contributed by atoms with Gasteiger partial charge in [0.1, 0.15) is 0 Å². The molecule has 0 aliphatic rings. The van der Waals surface area contributed by atoms with Crippen molar-refractivity contribution in [2.45, 2.75) is 0 Å². The molecule has 3 N–H and O–H groups in total. The largest absolute Gasteiger partial charge is 0.364 e. The minimum Gasteiger partial charge on any atom is -0.364 e. The number of halogens is 1. The molecule has 0 spiro atoms. The van der Waals surface area contributed by atoms with Gasteiger partial charge in [0.25, 0.3) is 5.91 Å². The molecule has 48 valence electrons. The highest BCUT2D eigenvalue weighted by atomic mass is 35.5. The van der Waals surface area contributed by atoms with Crippen molar-refractivity contribution in [2.75, 3.05) is 0 Å². The number of hydrogen-bond donors (Lipinski definition) is 2. The number of carbonyl (C=O) groups excluding carboxylic acids is 1. The van der Waals surface area contributed by atoms with E-state index < -0.39 is 5.91 Å². The minimum absolute atomic E-state index is 0.0802. The minimum atomic E-state index is -0.624. The summed E-state index contributed by atoms with van der Waals surface area (Å²) >= 11 is 5.44. The molecule has 0 saturated carbocycles. The first-order valence-electron chi connectivity index (χ1n) is 2.21. The summed E-state index contributed by atoms with van der Waals surface area (Å²) in [5.74, 6) is -0.624. The van der Waals surface area contributed by atoms with Crippen LogP contribution in [-0.4, -0.2) is 16.1 Å². The molecule has 5 heteroatoms. The molecule has 0 unspecified atom stereocenters. The van der Waals surface area contributed by atoms with Crippen molar-refractivity contribution >= 4 is 17.5 Å². The summed E-state index contributed by atoms with van der Waals surface area (Å²) < 4.78 is 0. The highest BCUT2D eigenvalue weighted by molar-refractivity contribution is 6.33. The van der Waals surface area contributed by atoms with E-state index in [4.69, 9.17) is 17.3 Å². The Labute approximate surface area is 56.0 Å². The molecule has 1 heterocycles. The lowest BCUT2D eigenvalue weighted by molar-refractivity contribution is 0.0995. The monoisotopic (exact) mass is 145 g/mol. The summed E-state index contributed by atoms with van der Waals surface area (Å²) in [4.78, 5) is 10.3. The Bertz CT molecular complexity index is 231. The number of hydrogen-bond acceptors (Lipinski definition) is 2. The van der Waals surface area contributed by atoms with Gasteiger partial charge in [0.2, 0.25) is 0 Å². The molecule has 0 atom stereocenters. The fraction of sp³-hybridized carbons (Fsp3) is 0. The van der Waals surface area contributed by atoms with Crippen LogP contribution in [0.5, 0.6) is 0 Å². The number of amides is 1. The predicted molar refractivity (Wildman–Crippen MR) is 32.1 cm³/mol. The van der Waals surface area contributed by atoms with E-state index in [0.29, 0.717) is 0 Å². The van der Waals surface area contributed by atoms with E-state index in [-0.39, 0.29) is 10.7 Å². The Morgan fingerprint density at radius 2 is 2.56 bits per heavy atom. The smallest absolute Gasteiger partial charge is 0.270 e. The number of primary amides is 1. The molecule has 0 radical (unpaired) electrons. The van der Waals surface area contributed by atoms with Crippen LogP contribution in [0.2, 0.25) is 5.02 Å². The maximum atomic E-state index is 10.3. The third kappa shape index (κ3) is 1.02. The van der Waals surface area contributed by atoms with E-state index in [0.717, 1.165) is 0 Å². The van der Waals surface area contributed by atoms with Crippen LogP contribution in [0, 0.1) is 0 Å². The summed E-state index contributed by atoms with van der Waals surface area (Å²) in [5.41, 5.74) is 4.93. The van der Waals surface area contributed by atoms with Crippen molar-refractivity contribution in [3.8, 4) is 0 Å². The molecule has 1 aromatic heterocycles. The molecule has 4 nitrogen and oxygen atoms in total. The molecule has 9 heavy (non-hydrogen) atoms. The Hall–Kier alpha value is -1.03. The van der Waals surface area contributed by atoms with Gasteiger partial charge in [-0.1, -0.05) is 11.6 Å². The number of nitrogens with two attached hydrogens (primary N) is 1. The van der Waals surface area contributed by atoms with E-state index in [1.54, 1.807) is 0 Å². The zero-order chi connectivity index (χ0) is 6.85. The number of aromatic amines is 1. The number of aromatic nitrogens is 2. The molecular weight excluding hydrogens is 142 g/mol. The van der Waals surface area contributed by atoms with Crippen molar-refractivity contribution in [3.63, 3.8) is 0 Å². The van der Waals surface area contributed by atoms with E-state index in [2.05, 4.69) is 10.2 Å². The maximum Gasteiger partial charge on any atom is 0.270 e. The van der Waals surface area contributed by atoms with E-state index in [1.165, 1.54) is 6.20 Å². The lowest BCUT2D eigenvalue weighted by Gasteiger charge is -1.83. The number of carbonyl (C=O) groups is 1. The summed E-state index contributed by atoms with van der Waals surface area (Å²) in [6, 6.07) is 0. The van der Waals surface area contributed by atoms with E-state index in [1.807, 2.05) is 0 Å². The second-order valence-electron chi connectivity index (χ2n) is 1.45. The van der Waals surface area contributed by atoms with Crippen molar-refractivity contribution in [1.82, 2.24) is 10.2 Å². The number of nitrogens with zero attached hydrogens (tertiary/aromatic N) is 1. The van der Waals surface area contributed by atoms with Gasteiger partial charge in [0.15, 0.2) is 5.69 Å². The first-order chi connectivity index (χ1) is 4.22. The molecule has 1 amide bonds. The predicted octanol–water partition coefficient (Wildman–Crippen LogP) is 0.162. The van der Waals surface area contributed by atoms with Gasteiger partial charge < -0.3 is 5.73 Å². The second-order valence-corrected chi connectivity index (χ2v) is 1.85. The number of nitrogens with one attached hydrogen (secondary N) is 1. The Balaban J connectivity index is 3.08. The molecule has 1 aromatic rings. The first kappa shape index (κ1) is 6.10. The van der Waals surface area contributed by atoms with Crippen LogP contribution >= 0.6 is 11.6 Å². The van der Waals surface area contributed by atoms with E-state index in [9.17, 15) is 4.79 Å². The van der Waals surface area contributed by atoms with Crippen LogP contribution in [0.15, 0.2) is 6.20 Å². The lowest BCUT2D eigenvalue weighted by Crippen LogP contribution is -2.11. The van der Waals surface area contributed by atoms with Gasteiger partial charge >= 0.3 is 0 Å². The molecule has 0 fully saturated rings. The highest BCUT2D eigenvalue weighted by Crippen LogP contribution is 2.09. The average Bonchev–Trinajstić information content (AvgIpc) is 2.13. The van der Waals surface area contributed by atoms with Gasteiger partial charge in [-0.25, -0.2) is 0 Å². The third-order valence-corrected chi connectivity index (χ3v) is 1.12. The zero-order valence-electron chi connectivity index (χ0n) is 4.39. The highest BCUT2D eigenvalue weighted by Gasteiger charge is 2.07. The van der Waals surface area contributed by atoms with Gasteiger partial charge in [0, 0.05) is 6.20 Å². The van der Waals surface area contributed by atoms with Gasteiger partial charge in [-0.05, 0) is 0 Å². The van der Waals surface area contributed by atoms with Gasteiger partial charge in [-0.3, -0.25) is 9.89 Å². The van der Waals surface area contributed by atoms with Gasteiger partial charge in [-0.15, -0.1) is 0 Å². The van der Waals surface area contributed by atoms with Gasteiger partial charge in [0.05, 0.1) is 5.02 Å². The molecular formula is C4H4ClN3O. The SMILES string of the molecule is NC(=O)c1n[nH]cc1Cl. The van der Waals surface area contributed by atoms with Crippen molar-refractivity contribution < 1.29 is 4.79 Å². The van der Waals surface area contributed by atoms with Crippen molar-refractivity contribution in [3.05, 3.63) is 16.9 Å². The van der Waals surface area contributed by atoms with Crippen LogP contribution in [-0.2, 0) is 0 Å². The molecule has 1 rings (SSSR count). The fourth-order valence-electron chi connectivity index (χ4n) is 0.448. The molecule has 0 aliphatic carbocycles. The van der Waals surface area contributed by atoms with Crippen LogP contribution < -0.4 is 5.73 Å². The Kier molecular flexibility index (Phi) is 1.40.